The van der Waals surface area contributed by atoms with Crippen LogP contribution in [0.3, 0.4) is 0 Å². The van der Waals surface area contributed by atoms with E-state index < -0.39 is 0 Å². The zero-order valence-corrected chi connectivity index (χ0v) is 13.8. The first kappa shape index (κ1) is 16.3. The topological polar surface area (TPSA) is 0 Å². The average Bonchev–Trinajstić information content (AvgIpc) is 2.44. The molecule has 1 aliphatic carbocycles. The minimum Gasteiger partial charge on any atom is -0.0683 e. The van der Waals surface area contributed by atoms with Crippen molar-refractivity contribution in [2.45, 2.75) is 79.6 Å². The lowest BCUT2D eigenvalue weighted by Crippen LogP contribution is -2.14. The summed E-state index contributed by atoms with van der Waals surface area (Å²) >= 11 is 0. The lowest BCUT2D eigenvalue weighted by molar-refractivity contribution is 0.478. The summed E-state index contributed by atoms with van der Waals surface area (Å²) in [6, 6.07) is 4.76. The van der Waals surface area contributed by atoms with E-state index in [4.69, 9.17) is 0 Å². The van der Waals surface area contributed by atoms with Gasteiger partial charge in [-0.3, -0.25) is 0 Å². The third-order valence-electron chi connectivity index (χ3n) is 4.45. The van der Waals surface area contributed by atoms with Gasteiger partial charge in [0.25, 0.3) is 0 Å². The summed E-state index contributed by atoms with van der Waals surface area (Å²) in [5, 5.41) is 0. The van der Waals surface area contributed by atoms with Crippen molar-refractivity contribution in [2.75, 3.05) is 0 Å². The van der Waals surface area contributed by atoms with Gasteiger partial charge in [-0.05, 0) is 73.1 Å². The summed E-state index contributed by atoms with van der Waals surface area (Å²) in [5.41, 5.74) is 6.55. The molecule has 0 aromatic heterocycles. The molecule has 1 unspecified atom stereocenters. The van der Waals surface area contributed by atoms with E-state index in [-0.39, 0.29) is 0 Å². The molecule has 1 atom stereocenters. The Labute approximate surface area is 120 Å². The number of benzene rings is 1. The van der Waals surface area contributed by atoms with E-state index in [0.717, 1.165) is 11.8 Å². The molecule has 0 saturated heterocycles. The Bertz CT molecular complexity index is 387. The highest BCUT2D eigenvalue weighted by Crippen LogP contribution is 2.36. The fourth-order valence-electron chi connectivity index (χ4n) is 3.47. The number of fused-ring (bicyclic) bond motifs is 1. The van der Waals surface area contributed by atoms with E-state index in [1.54, 1.807) is 16.7 Å². The van der Waals surface area contributed by atoms with Gasteiger partial charge < -0.3 is 0 Å². The Kier molecular flexibility index (Phi) is 6.62. The summed E-state index contributed by atoms with van der Waals surface area (Å²) in [5.74, 6) is 1.51. The van der Waals surface area contributed by atoms with Crippen LogP contribution < -0.4 is 0 Å². The lowest BCUT2D eigenvalue weighted by atomic mass is 9.77. The number of hydrogen-bond acceptors (Lipinski definition) is 0. The number of hydrogen-bond donors (Lipinski definition) is 0. The molecule has 2 rings (SSSR count). The van der Waals surface area contributed by atoms with Crippen molar-refractivity contribution in [1.82, 2.24) is 0 Å². The van der Waals surface area contributed by atoms with Crippen LogP contribution in [0.1, 0.15) is 82.1 Å². The Morgan fingerprint density at radius 3 is 2.11 bits per heavy atom. The van der Waals surface area contributed by atoms with E-state index in [2.05, 4.69) is 39.8 Å². The minimum atomic E-state index is 0.752. The fraction of sp³-hybridized carbons (Fsp3) is 0.684. The van der Waals surface area contributed by atoms with Gasteiger partial charge in [0.1, 0.15) is 0 Å². The molecule has 1 aromatic carbocycles. The normalized spacial score (nSPS) is 15.5. The molecule has 0 heterocycles. The quantitative estimate of drug-likeness (QED) is 0.620. The van der Waals surface area contributed by atoms with E-state index in [9.17, 15) is 0 Å². The van der Waals surface area contributed by atoms with Crippen LogP contribution >= 0.6 is 0 Å². The monoisotopic (exact) mass is 260 g/mol. The average molecular weight is 260 g/mol. The van der Waals surface area contributed by atoms with E-state index in [1.807, 2.05) is 13.8 Å². The molecule has 0 heteroatoms. The van der Waals surface area contributed by atoms with Crippen molar-refractivity contribution in [3.05, 3.63) is 34.4 Å². The van der Waals surface area contributed by atoms with Gasteiger partial charge >= 0.3 is 0 Å². The van der Waals surface area contributed by atoms with Crippen molar-refractivity contribution in [2.24, 2.45) is 5.92 Å². The Morgan fingerprint density at radius 1 is 1.00 bits per heavy atom. The molecule has 0 fully saturated rings. The van der Waals surface area contributed by atoms with Crippen LogP contribution in [0.4, 0.5) is 0 Å². The Hall–Kier alpha value is -0.780. The molecule has 19 heavy (non-hydrogen) atoms. The predicted molar refractivity (Wildman–Crippen MR) is 87.0 cm³/mol. The van der Waals surface area contributed by atoms with E-state index in [0.29, 0.717) is 0 Å². The number of rotatable bonds is 3. The smallest absolute Gasteiger partial charge is 0.0139 e. The Balaban J connectivity index is 0.000000861. The molecule has 0 nitrogen and oxygen atoms in total. The third-order valence-corrected chi connectivity index (χ3v) is 4.45. The highest BCUT2D eigenvalue weighted by molar-refractivity contribution is 5.44. The molecule has 0 radical (unpaired) electrons. The van der Waals surface area contributed by atoms with Crippen molar-refractivity contribution in [3.8, 4) is 0 Å². The fourth-order valence-corrected chi connectivity index (χ4v) is 3.47. The first-order valence-electron chi connectivity index (χ1n) is 8.26. The third kappa shape index (κ3) is 3.61. The molecule has 1 aromatic rings. The highest BCUT2D eigenvalue weighted by atomic mass is 14.3. The second kappa shape index (κ2) is 7.72. The summed E-state index contributed by atoms with van der Waals surface area (Å²) in [6.07, 6.45) is 6.67. The molecular formula is C19H32. The molecule has 0 aliphatic heterocycles. The maximum atomic E-state index is 2.41. The standard InChI is InChI=1S/C17H26.C2H6/c1-5-14(12(2)3)17-11-10-13(4)15-8-6-7-9-16(15)17;1-2/h10-12,14H,5-9H2,1-4H3;1-2H3. The molecule has 1 aliphatic rings. The molecule has 0 saturated carbocycles. The van der Waals surface area contributed by atoms with Gasteiger partial charge in [-0.15, -0.1) is 0 Å². The predicted octanol–water partition coefficient (Wildman–Crippen LogP) is 6.05. The van der Waals surface area contributed by atoms with Crippen LogP contribution in [0.5, 0.6) is 0 Å². The van der Waals surface area contributed by atoms with Crippen molar-refractivity contribution in [3.63, 3.8) is 0 Å². The van der Waals surface area contributed by atoms with Gasteiger partial charge in [-0.1, -0.05) is 46.8 Å². The SMILES string of the molecule is CC.CCC(c1ccc(C)c2c1CCCC2)C(C)C. The second-order valence-electron chi connectivity index (χ2n) is 5.89. The molecule has 0 bridgehead atoms. The van der Waals surface area contributed by atoms with Crippen molar-refractivity contribution >= 4 is 0 Å². The molecule has 0 N–H and O–H groups in total. The zero-order valence-electron chi connectivity index (χ0n) is 13.8. The Morgan fingerprint density at radius 2 is 1.58 bits per heavy atom. The first-order chi connectivity index (χ1) is 9.15. The summed E-state index contributed by atoms with van der Waals surface area (Å²) in [6.45, 7) is 13.3. The van der Waals surface area contributed by atoms with Crippen LogP contribution in [-0.2, 0) is 12.8 Å². The van der Waals surface area contributed by atoms with Gasteiger partial charge in [0, 0.05) is 0 Å². The van der Waals surface area contributed by atoms with E-state index in [1.165, 1.54) is 37.7 Å². The molecule has 108 valence electrons. The van der Waals surface area contributed by atoms with Crippen LogP contribution in [-0.4, -0.2) is 0 Å². The molecule has 0 amide bonds. The van der Waals surface area contributed by atoms with Crippen molar-refractivity contribution < 1.29 is 0 Å². The van der Waals surface area contributed by atoms with E-state index >= 15 is 0 Å². The van der Waals surface area contributed by atoms with Crippen molar-refractivity contribution in [1.29, 1.82) is 0 Å². The van der Waals surface area contributed by atoms with Gasteiger partial charge in [0.2, 0.25) is 0 Å². The largest absolute Gasteiger partial charge is 0.0683 e. The second-order valence-corrected chi connectivity index (χ2v) is 5.89. The van der Waals surface area contributed by atoms with Crippen LogP contribution in [0, 0.1) is 12.8 Å². The maximum Gasteiger partial charge on any atom is -0.0139 e. The van der Waals surface area contributed by atoms with Gasteiger partial charge in [-0.25, -0.2) is 0 Å². The highest BCUT2D eigenvalue weighted by Gasteiger charge is 2.21. The van der Waals surface area contributed by atoms with Gasteiger partial charge in [-0.2, -0.15) is 0 Å². The lowest BCUT2D eigenvalue weighted by Gasteiger charge is -2.28. The van der Waals surface area contributed by atoms with Gasteiger partial charge in [0.15, 0.2) is 0 Å². The van der Waals surface area contributed by atoms with Crippen LogP contribution in [0.2, 0.25) is 0 Å². The molecular weight excluding hydrogens is 228 g/mol. The number of aryl methyl sites for hydroxylation is 1. The maximum absolute atomic E-state index is 2.41. The van der Waals surface area contributed by atoms with Crippen LogP contribution in [0.25, 0.3) is 0 Å². The summed E-state index contributed by atoms with van der Waals surface area (Å²) in [7, 11) is 0. The first-order valence-corrected chi connectivity index (χ1v) is 8.26. The van der Waals surface area contributed by atoms with Gasteiger partial charge in [0.05, 0.1) is 0 Å². The summed E-state index contributed by atoms with van der Waals surface area (Å²) < 4.78 is 0. The minimum absolute atomic E-state index is 0.752. The zero-order chi connectivity index (χ0) is 14.4. The van der Waals surface area contributed by atoms with Crippen LogP contribution in [0.15, 0.2) is 12.1 Å². The summed E-state index contributed by atoms with van der Waals surface area (Å²) in [4.78, 5) is 0. The molecule has 0 spiro atoms.